The number of hydrogen-bond donors (Lipinski definition) is 1. The predicted molar refractivity (Wildman–Crippen MR) is 70.0 cm³/mol. The van der Waals surface area contributed by atoms with Crippen LogP contribution in [-0.2, 0) is 0 Å². The van der Waals surface area contributed by atoms with Gasteiger partial charge in [-0.15, -0.1) is 0 Å². The highest BCUT2D eigenvalue weighted by Gasteiger charge is 2.11. The van der Waals surface area contributed by atoms with Crippen LogP contribution in [0.25, 0.3) is 0 Å². The summed E-state index contributed by atoms with van der Waals surface area (Å²) in [5.41, 5.74) is 7.93. The van der Waals surface area contributed by atoms with Crippen LogP contribution in [0.3, 0.4) is 0 Å². The fourth-order valence-electron chi connectivity index (χ4n) is 1.71. The van der Waals surface area contributed by atoms with Gasteiger partial charge in [-0.3, -0.25) is 0 Å². The van der Waals surface area contributed by atoms with Gasteiger partial charge in [-0.1, -0.05) is 29.8 Å². The third-order valence-electron chi connectivity index (χ3n) is 2.76. The van der Waals surface area contributed by atoms with E-state index in [1.165, 1.54) is 17.7 Å². The van der Waals surface area contributed by atoms with Gasteiger partial charge in [0, 0.05) is 6.54 Å². The van der Waals surface area contributed by atoms with E-state index in [-0.39, 0.29) is 11.9 Å². The van der Waals surface area contributed by atoms with E-state index in [0.717, 1.165) is 5.56 Å². The number of ether oxygens (including phenoxy) is 1. The lowest BCUT2D eigenvalue weighted by Crippen LogP contribution is -2.18. The summed E-state index contributed by atoms with van der Waals surface area (Å²) in [7, 11) is 0. The van der Waals surface area contributed by atoms with E-state index >= 15 is 0 Å². The highest BCUT2D eigenvalue weighted by Crippen LogP contribution is 2.21. The fourth-order valence-corrected chi connectivity index (χ4v) is 1.71. The summed E-state index contributed by atoms with van der Waals surface area (Å²) in [6.45, 7) is 2.41. The van der Waals surface area contributed by atoms with Crippen LogP contribution in [0, 0.1) is 12.7 Å². The van der Waals surface area contributed by atoms with Crippen molar-refractivity contribution in [3.8, 4) is 5.75 Å². The van der Waals surface area contributed by atoms with Gasteiger partial charge in [0.25, 0.3) is 0 Å². The van der Waals surface area contributed by atoms with E-state index < -0.39 is 0 Å². The quantitative estimate of drug-likeness (QED) is 0.897. The SMILES string of the molecule is Cc1ccc(C(CN)Oc2ccc(F)cc2)cc1. The van der Waals surface area contributed by atoms with Crippen LogP contribution in [0.5, 0.6) is 5.75 Å². The first-order valence-corrected chi connectivity index (χ1v) is 5.88. The zero-order chi connectivity index (χ0) is 13.0. The molecule has 0 saturated carbocycles. The highest BCUT2D eigenvalue weighted by molar-refractivity contribution is 5.27. The van der Waals surface area contributed by atoms with Crippen molar-refractivity contribution in [1.29, 1.82) is 0 Å². The Morgan fingerprint density at radius 3 is 2.22 bits per heavy atom. The standard InChI is InChI=1S/C15H16FNO/c1-11-2-4-12(5-3-11)15(10-17)18-14-8-6-13(16)7-9-14/h2-9,15H,10,17H2,1H3. The minimum absolute atomic E-state index is 0.212. The minimum Gasteiger partial charge on any atom is -0.484 e. The van der Waals surface area contributed by atoms with E-state index in [4.69, 9.17) is 10.5 Å². The molecule has 18 heavy (non-hydrogen) atoms. The van der Waals surface area contributed by atoms with E-state index in [1.54, 1.807) is 12.1 Å². The number of benzene rings is 2. The second kappa shape index (κ2) is 5.65. The maximum absolute atomic E-state index is 12.8. The van der Waals surface area contributed by atoms with E-state index in [2.05, 4.69) is 0 Å². The topological polar surface area (TPSA) is 35.2 Å². The molecule has 2 N–H and O–H groups in total. The van der Waals surface area contributed by atoms with Gasteiger partial charge in [0.1, 0.15) is 17.7 Å². The molecule has 0 aliphatic heterocycles. The van der Waals surface area contributed by atoms with Crippen molar-refractivity contribution in [2.45, 2.75) is 13.0 Å². The molecular weight excluding hydrogens is 229 g/mol. The Hall–Kier alpha value is -1.87. The highest BCUT2D eigenvalue weighted by atomic mass is 19.1. The summed E-state index contributed by atoms with van der Waals surface area (Å²) >= 11 is 0. The summed E-state index contributed by atoms with van der Waals surface area (Å²) in [5.74, 6) is 0.342. The van der Waals surface area contributed by atoms with Crippen LogP contribution in [0.1, 0.15) is 17.2 Å². The molecule has 1 atom stereocenters. The first kappa shape index (κ1) is 12.6. The van der Waals surface area contributed by atoms with Crippen molar-refractivity contribution in [3.05, 3.63) is 65.5 Å². The zero-order valence-corrected chi connectivity index (χ0v) is 10.3. The van der Waals surface area contributed by atoms with E-state index in [1.807, 2.05) is 31.2 Å². The van der Waals surface area contributed by atoms with Crippen LogP contribution >= 0.6 is 0 Å². The Kier molecular flexibility index (Phi) is 3.95. The number of nitrogens with two attached hydrogens (primary N) is 1. The molecule has 3 heteroatoms. The molecule has 0 heterocycles. The first-order valence-electron chi connectivity index (χ1n) is 5.88. The average Bonchev–Trinajstić information content (AvgIpc) is 2.39. The molecule has 2 aromatic carbocycles. The molecule has 0 radical (unpaired) electrons. The van der Waals surface area contributed by atoms with Crippen LogP contribution in [0.2, 0.25) is 0 Å². The molecule has 0 aliphatic carbocycles. The second-order valence-electron chi connectivity index (χ2n) is 4.21. The number of hydrogen-bond acceptors (Lipinski definition) is 2. The molecule has 0 spiro atoms. The minimum atomic E-state index is -0.276. The van der Waals surface area contributed by atoms with E-state index in [9.17, 15) is 4.39 Å². The monoisotopic (exact) mass is 245 g/mol. The van der Waals surface area contributed by atoms with Crippen molar-refractivity contribution in [3.63, 3.8) is 0 Å². The summed E-state index contributed by atoms with van der Waals surface area (Å²) < 4.78 is 18.5. The maximum atomic E-state index is 12.8. The van der Waals surface area contributed by atoms with Crippen molar-refractivity contribution in [2.75, 3.05) is 6.54 Å². The largest absolute Gasteiger partial charge is 0.484 e. The van der Waals surface area contributed by atoms with Gasteiger partial charge in [-0.25, -0.2) is 4.39 Å². The molecule has 0 fully saturated rings. The molecule has 0 aromatic heterocycles. The van der Waals surface area contributed by atoms with Gasteiger partial charge < -0.3 is 10.5 Å². The summed E-state index contributed by atoms with van der Waals surface area (Å²) in [5, 5.41) is 0. The lowest BCUT2D eigenvalue weighted by molar-refractivity contribution is 0.214. The molecule has 94 valence electrons. The Balaban J connectivity index is 2.14. The molecular formula is C15H16FNO. The zero-order valence-electron chi connectivity index (χ0n) is 10.3. The molecule has 2 rings (SSSR count). The Labute approximate surface area is 106 Å². The van der Waals surface area contributed by atoms with Crippen LogP contribution in [0.4, 0.5) is 4.39 Å². The lowest BCUT2D eigenvalue weighted by atomic mass is 10.1. The maximum Gasteiger partial charge on any atom is 0.136 e. The van der Waals surface area contributed by atoms with Gasteiger partial charge in [-0.2, -0.15) is 0 Å². The van der Waals surface area contributed by atoms with Crippen LogP contribution in [0.15, 0.2) is 48.5 Å². The number of halogens is 1. The Morgan fingerprint density at radius 1 is 1.06 bits per heavy atom. The summed E-state index contributed by atoms with van der Waals surface area (Å²) in [6.07, 6.45) is -0.212. The van der Waals surface area contributed by atoms with Crippen molar-refractivity contribution < 1.29 is 9.13 Å². The molecule has 0 bridgehead atoms. The second-order valence-corrected chi connectivity index (χ2v) is 4.21. The van der Waals surface area contributed by atoms with Crippen LogP contribution in [-0.4, -0.2) is 6.54 Å². The van der Waals surface area contributed by atoms with Crippen molar-refractivity contribution in [1.82, 2.24) is 0 Å². The lowest BCUT2D eigenvalue weighted by Gasteiger charge is -2.18. The molecule has 0 saturated heterocycles. The third-order valence-corrected chi connectivity index (χ3v) is 2.76. The summed E-state index contributed by atoms with van der Waals surface area (Å²) in [6, 6.07) is 14.0. The van der Waals surface area contributed by atoms with Gasteiger partial charge in [-0.05, 0) is 36.8 Å². The van der Waals surface area contributed by atoms with Crippen LogP contribution < -0.4 is 10.5 Å². The first-order chi connectivity index (χ1) is 8.69. The number of rotatable bonds is 4. The molecule has 0 aliphatic rings. The fraction of sp³-hybridized carbons (Fsp3) is 0.200. The van der Waals surface area contributed by atoms with Crippen molar-refractivity contribution in [2.24, 2.45) is 5.73 Å². The normalized spacial score (nSPS) is 12.2. The van der Waals surface area contributed by atoms with Gasteiger partial charge in [0.15, 0.2) is 0 Å². The average molecular weight is 245 g/mol. The molecule has 0 amide bonds. The van der Waals surface area contributed by atoms with Crippen molar-refractivity contribution >= 4 is 0 Å². The van der Waals surface area contributed by atoms with Gasteiger partial charge in [0.05, 0.1) is 0 Å². The predicted octanol–water partition coefficient (Wildman–Crippen LogP) is 3.21. The van der Waals surface area contributed by atoms with E-state index in [0.29, 0.717) is 12.3 Å². The third kappa shape index (κ3) is 3.08. The Bertz CT molecular complexity index is 493. The van der Waals surface area contributed by atoms with Gasteiger partial charge >= 0.3 is 0 Å². The molecule has 2 aromatic rings. The number of aryl methyl sites for hydroxylation is 1. The smallest absolute Gasteiger partial charge is 0.136 e. The molecule has 2 nitrogen and oxygen atoms in total. The Morgan fingerprint density at radius 2 is 1.67 bits per heavy atom. The summed E-state index contributed by atoms with van der Waals surface area (Å²) in [4.78, 5) is 0. The van der Waals surface area contributed by atoms with Gasteiger partial charge in [0.2, 0.25) is 0 Å². The molecule has 1 unspecified atom stereocenters.